The number of amides is 1. The largest absolute Gasteiger partial charge is 0.332 e. The van der Waals surface area contributed by atoms with Gasteiger partial charge in [-0.25, -0.2) is 0 Å². The lowest BCUT2D eigenvalue weighted by atomic mass is 10.0. The zero-order valence-corrected chi connectivity index (χ0v) is 14.1. The first-order chi connectivity index (χ1) is 11.6. The third kappa shape index (κ3) is 2.55. The van der Waals surface area contributed by atoms with Crippen molar-refractivity contribution in [3.63, 3.8) is 0 Å². The molecule has 24 heavy (non-hydrogen) atoms. The van der Waals surface area contributed by atoms with Gasteiger partial charge in [-0.05, 0) is 49.6 Å². The third-order valence-electron chi connectivity index (χ3n) is 4.59. The highest BCUT2D eigenvalue weighted by atomic mass is 35.5. The lowest BCUT2D eigenvalue weighted by Crippen LogP contribution is -2.30. The van der Waals surface area contributed by atoms with Crippen molar-refractivity contribution < 1.29 is 4.79 Å². The highest BCUT2D eigenvalue weighted by molar-refractivity contribution is 6.30. The number of carbonyl (C=O) groups excluding carboxylic acids is 1. The number of rotatable bonds is 2. The molecule has 4 rings (SSSR count). The van der Waals surface area contributed by atoms with E-state index in [9.17, 15) is 4.79 Å². The summed E-state index contributed by atoms with van der Waals surface area (Å²) in [4.78, 5) is 15.0. The monoisotopic (exact) mass is 340 g/mol. The van der Waals surface area contributed by atoms with Gasteiger partial charge in [-0.2, -0.15) is 0 Å². The topological polar surface area (TPSA) is 50.5 Å². The maximum Gasteiger partial charge on any atom is 0.255 e. The number of likely N-dealkylation sites (tertiary alicyclic amines) is 1. The number of benzene rings is 1. The Morgan fingerprint density at radius 1 is 1.17 bits per heavy atom. The molecule has 3 aromatic rings. The maximum atomic E-state index is 13.0. The zero-order chi connectivity index (χ0) is 16.7. The van der Waals surface area contributed by atoms with Gasteiger partial charge < -0.3 is 4.90 Å². The molecule has 0 unspecified atom stereocenters. The van der Waals surface area contributed by atoms with Crippen LogP contribution in [0.3, 0.4) is 0 Å². The fourth-order valence-electron chi connectivity index (χ4n) is 3.34. The summed E-state index contributed by atoms with van der Waals surface area (Å²) in [5.41, 5.74) is 2.54. The molecule has 0 radical (unpaired) electrons. The Hall–Kier alpha value is -2.40. The van der Waals surface area contributed by atoms with Gasteiger partial charge in [0.15, 0.2) is 5.65 Å². The first-order valence-corrected chi connectivity index (χ1v) is 8.39. The molecule has 0 aliphatic carbocycles. The van der Waals surface area contributed by atoms with E-state index >= 15 is 0 Å². The van der Waals surface area contributed by atoms with E-state index < -0.39 is 0 Å². The molecular formula is C18H17ClN4O. The van der Waals surface area contributed by atoms with Crippen LogP contribution in [0.1, 0.15) is 40.6 Å². The van der Waals surface area contributed by atoms with Crippen LogP contribution in [0.25, 0.3) is 5.65 Å². The van der Waals surface area contributed by atoms with Gasteiger partial charge in [-0.3, -0.25) is 9.20 Å². The Morgan fingerprint density at radius 3 is 2.75 bits per heavy atom. The predicted octanol–water partition coefficient (Wildman–Crippen LogP) is 3.67. The van der Waals surface area contributed by atoms with Crippen molar-refractivity contribution in [3.05, 3.63) is 64.6 Å². The molecule has 1 amide bonds. The average Bonchev–Trinajstić information content (AvgIpc) is 3.22. The number of carbonyl (C=O) groups is 1. The molecule has 1 aromatic carbocycles. The minimum absolute atomic E-state index is 0.0439. The highest BCUT2D eigenvalue weighted by Gasteiger charge is 2.30. The number of fused-ring (bicyclic) bond motifs is 1. The second-order valence-corrected chi connectivity index (χ2v) is 6.54. The summed E-state index contributed by atoms with van der Waals surface area (Å²) < 4.78 is 1.85. The fourth-order valence-corrected chi connectivity index (χ4v) is 3.46. The first kappa shape index (κ1) is 15.1. The van der Waals surface area contributed by atoms with Crippen molar-refractivity contribution in [2.75, 3.05) is 6.54 Å². The first-order valence-electron chi connectivity index (χ1n) is 8.01. The predicted molar refractivity (Wildman–Crippen MR) is 92.2 cm³/mol. The number of aromatic nitrogens is 3. The Labute approximate surface area is 144 Å². The van der Waals surface area contributed by atoms with Gasteiger partial charge in [-0.1, -0.05) is 23.7 Å². The molecule has 5 nitrogen and oxygen atoms in total. The normalized spacial score (nSPS) is 17.6. The number of pyridine rings is 1. The van der Waals surface area contributed by atoms with Gasteiger partial charge in [-0.15, -0.1) is 10.2 Å². The standard InChI is InChI=1S/C18H17ClN4O/c1-12-20-21-17-9-6-14(11-23(12)17)18(24)22-10-2-3-16(22)13-4-7-15(19)8-5-13/h4-9,11,16H,2-3,10H2,1H3/t16-/m0/s1. The van der Waals surface area contributed by atoms with Crippen molar-refractivity contribution in [2.45, 2.75) is 25.8 Å². The second kappa shape index (κ2) is 5.91. The zero-order valence-electron chi connectivity index (χ0n) is 13.3. The summed E-state index contributed by atoms with van der Waals surface area (Å²) in [5, 5.41) is 8.81. The van der Waals surface area contributed by atoms with Gasteiger partial charge >= 0.3 is 0 Å². The molecule has 0 saturated carbocycles. The summed E-state index contributed by atoms with van der Waals surface area (Å²) in [6.45, 7) is 2.64. The van der Waals surface area contributed by atoms with E-state index in [4.69, 9.17) is 11.6 Å². The van der Waals surface area contributed by atoms with E-state index in [2.05, 4.69) is 10.2 Å². The summed E-state index contributed by atoms with van der Waals surface area (Å²) in [6.07, 6.45) is 3.80. The minimum Gasteiger partial charge on any atom is -0.332 e. The molecule has 1 fully saturated rings. The highest BCUT2D eigenvalue weighted by Crippen LogP contribution is 2.33. The molecule has 0 spiro atoms. The van der Waals surface area contributed by atoms with Crippen LogP contribution in [-0.4, -0.2) is 31.9 Å². The fraction of sp³-hybridized carbons (Fsp3) is 0.278. The molecule has 6 heteroatoms. The quantitative estimate of drug-likeness (QED) is 0.715. The molecule has 1 saturated heterocycles. The molecule has 0 bridgehead atoms. The molecule has 2 aromatic heterocycles. The van der Waals surface area contributed by atoms with Crippen LogP contribution in [0.15, 0.2) is 42.6 Å². The van der Waals surface area contributed by atoms with Crippen molar-refractivity contribution in [1.29, 1.82) is 0 Å². The number of halogens is 1. The van der Waals surface area contributed by atoms with Gasteiger partial charge in [0.2, 0.25) is 0 Å². The molecular weight excluding hydrogens is 324 g/mol. The van der Waals surface area contributed by atoms with Gasteiger partial charge in [0.1, 0.15) is 5.82 Å². The molecule has 1 aliphatic heterocycles. The van der Waals surface area contributed by atoms with E-state index in [1.54, 1.807) is 0 Å². The Balaban J connectivity index is 1.66. The van der Waals surface area contributed by atoms with Crippen LogP contribution in [-0.2, 0) is 0 Å². The lowest BCUT2D eigenvalue weighted by molar-refractivity contribution is 0.0735. The molecule has 1 aliphatic rings. The van der Waals surface area contributed by atoms with E-state index in [0.29, 0.717) is 10.6 Å². The Morgan fingerprint density at radius 2 is 1.96 bits per heavy atom. The summed E-state index contributed by atoms with van der Waals surface area (Å²) in [6, 6.07) is 11.5. The maximum absolute atomic E-state index is 13.0. The van der Waals surface area contributed by atoms with Crippen LogP contribution in [0.2, 0.25) is 5.02 Å². The molecule has 0 N–H and O–H groups in total. The summed E-state index contributed by atoms with van der Waals surface area (Å²) in [7, 11) is 0. The molecule has 3 heterocycles. The molecule has 122 valence electrons. The summed E-state index contributed by atoms with van der Waals surface area (Å²) >= 11 is 5.98. The van der Waals surface area contributed by atoms with Crippen molar-refractivity contribution >= 4 is 23.2 Å². The number of aryl methyl sites for hydroxylation is 1. The number of hydrogen-bond donors (Lipinski definition) is 0. The summed E-state index contributed by atoms with van der Waals surface area (Å²) in [5.74, 6) is 0.817. The van der Waals surface area contributed by atoms with Gasteiger partial charge in [0.05, 0.1) is 11.6 Å². The smallest absolute Gasteiger partial charge is 0.255 e. The lowest BCUT2D eigenvalue weighted by Gasteiger charge is -2.25. The van der Waals surface area contributed by atoms with Crippen molar-refractivity contribution in [3.8, 4) is 0 Å². The van der Waals surface area contributed by atoms with Crippen LogP contribution >= 0.6 is 11.6 Å². The van der Waals surface area contributed by atoms with Crippen LogP contribution < -0.4 is 0 Å². The van der Waals surface area contributed by atoms with Gasteiger partial charge in [0.25, 0.3) is 5.91 Å². The average molecular weight is 341 g/mol. The van der Waals surface area contributed by atoms with Crippen LogP contribution in [0.5, 0.6) is 0 Å². The van der Waals surface area contributed by atoms with E-state index in [1.165, 1.54) is 0 Å². The third-order valence-corrected chi connectivity index (χ3v) is 4.84. The Bertz CT molecular complexity index is 903. The number of nitrogens with zero attached hydrogens (tertiary/aromatic N) is 4. The van der Waals surface area contributed by atoms with Crippen molar-refractivity contribution in [1.82, 2.24) is 19.5 Å². The van der Waals surface area contributed by atoms with Crippen LogP contribution in [0.4, 0.5) is 0 Å². The van der Waals surface area contributed by atoms with Gasteiger partial charge in [0, 0.05) is 17.8 Å². The number of hydrogen-bond acceptors (Lipinski definition) is 3. The SMILES string of the molecule is Cc1nnc2ccc(C(=O)N3CCC[C@H]3c3ccc(Cl)cc3)cn12. The molecule has 1 atom stereocenters. The van der Waals surface area contributed by atoms with E-state index in [-0.39, 0.29) is 11.9 Å². The minimum atomic E-state index is 0.0439. The van der Waals surface area contributed by atoms with E-state index in [1.807, 2.05) is 58.8 Å². The van der Waals surface area contributed by atoms with Crippen molar-refractivity contribution in [2.24, 2.45) is 0 Å². The Kier molecular flexibility index (Phi) is 3.73. The van der Waals surface area contributed by atoms with E-state index in [0.717, 1.165) is 36.4 Å². The second-order valence-electron chi connectivity index (χ2n) is 6.10. The van der Waals surface area contributed by atoms with Crippen LogP contribution in [0, 0.1) is 6.92 Å².